The number of hydrogen-bond acceptors (Lipinski definition) is 3. The van der Waals surface area contributed by atoms with Crippen LogP contribution in [0.25, 0.3) is 0 Å². The SMILES string of the molecule is CCCCCCCCCCCCCCCCCCN[C@H](C(=O)NC(=O)CCCCC[N+](CC)(CC)CC)C(C)C. The van der Waals surface area contributed by atoms with Gasteiger partial charge < -0.3 is 9.80 Å². The number of rotatable bonds is 29. The van der Waals surface area contributed by atoms with E-state index in [0.717, 1.165) is 36.7 Å². The van der Waals surface area contributed by atoms with Gasteiger partial charge in [0, 0.05) is 6.42 Å². The van der Waals surface area contributed by atoms with Crippen molar-refractivity contribution in [3.63, 3.8) is 0 Å². The van der Waals surface area contributed by atoms with Crippen LogP contribution in [0, 0.1) is 5.92 Å². The summed E-state index contributed by atoms with van der Waals surface area (Å²) in [5.74, 6) is -0.117. The number of amides is 2. The number of quaternary nitrogens is 1. The fourth-order valence-electron chi connectivity index (χ4n) is 5.89. The summed E-state index contributed by atoms with van der Waals surface area (Å²) >= 11 is 0. The van der Waals surface area contributed by atoms with Gasteiger partial charge in [-0.3, -0.25) is 14.9 Å². The first kappa shape index (κ1) is 39.1. The lowest BCUT2D eigenvalue weighted by atomic mass is 10.0. The Bertz CT molecular complexity index is 581. The largest absolute Gasteiger partial charge is 0.324 e. The van der Waals surface area contributed by atoms with Gasteiger partial charge in [-0.15, -0.1) is 0 Å². The molecular formula is C35H72N3O2+. The molecule has 0 saturated carbocycles. The molecule has 0 saturated heterocycles. The Morgan fingerprint density at radius 2 is 1.00 bits per heavy atom. The number of nitrogens with zero attached hydrogens (tertiary/aromatic N) is 1. The summed E-state index contributed by atoms with van der Waals surface area (Å²) in [6.45, 7) is 18.7. The third-order valence-electron chi connectivity index (χ3n) is 9.16. The first-order valence-electron chi connectivity index (χ1n) is 17.8. The summed E-state index contributed by atoms with van der Waals surface area (Å²) in [5, 5.41) is 6.08. The molecule has 0 spiro atoms. The van der Waals surface area contributed by atoms with Crippen LogP contribution in [0.2, 0.25) is 0 Å². The molecule has 40 heavy (non-hydrogen) atoms. The summed E-state index contributed by atoms with van der Waals surface area (Å²) in [5.41, 5.74) is 0. The van der Waals surface area contributed by atoms with Gasteiger partial charge >= 0.3 is 0 Å². The van der Waals surface area contributed by atoms with E-state index >= 15 is 0 Å². The molecule has 0 bridgehead atoms. The van der Waals surface area contributed by atoms with Gasteiger partial charge in [-0.2, -0.15) is 0 Å². The maximum Gasteiger partial charge on any atom is 0.243 e. The molecule has 0 unspecified atom stereocenters. The topological polar surface area (TPSA) is 58.2 Å². The Morgan fingerprint density at radius 3 is 1.43 bits per heavy atom. The third kappa shape index (κ3) is 20.9. The van der Waals surface area contributed by atoms with E-state index in [1.54, 1.807) is 0 Å². The van der Waals surface area contributed by atoms with E-state index < -0.39 is 0 Å². The van der Waals surface area contributed by atoms with Crippen LogP contribution in [-0.2, 0) is 9.59 Å². The number of hydrogen-bond donors (Lipinski definition) is 2. The fourth-order valence-corrected chi connectivity index (χ4v) is 5.89. The first-order chi connectivity index (χ1) is 19.4. The molecule has 5 heteroatoms. The summed E-state index contributed by atoms with van der Waals surface area (Å²) < 4.78 is 1.16. The van der Waals surface area contributed by atoms with E-state index in [1.165, 1.54) is 122 Å². The number of nitrogens with one attached hydrogen (secondary N) is 2. The highest BCUT2D eigenvalue weighted by Crippen LogP contribution is 2.14. The average molecular weight is 567 g/mol. The molecule has 1 atom stereocenters. The summed E-state index contributed by atoms with van der Waals surface area (Å²) in [6, 6.07) is -0.295. The Balaban J connectivity index is 3.81. The predicted molar refractivity (Wildman–Crippen MR) is 175 cm³/mol. The molecule has 0 aromatic carbocycles. The van der Waals surface area contributed by atoms with Gasteiger partial charge in [-0.1, -0.05) is 117 Å². The smallest absolute Gasteiger partial charge is 0.243 e. The minimum Gasteiger partial charge on any atom is -0.324 e. The second-order valence-corrected chi connectivity index (χ2v) is 12.7. The van der Waals surface area contributed by atoms with Crippen LogP contribution in [0.3, 0.4) is 0 Å². The van der Waals surface area contributed by atoms with Gasteiger partial charge in [-0.25, -0.2) is 0 Å². The van der Waals surface area contributed by atoms with E-state index in [0.29, 0.717) is 6.42 Å². The van der Waals surface area contributed by atoms with Gasteiger partial charge in [0.2, 0.25) is 11.8 Å². The maximum absolute atomic E-state index is 12.7. The van der Waals surface area contributed by atoms with Crippen LogP contribution in [0.15, 0.2) is 0 Å². The van der Waals surface area contributed by atoms with Crippen molar-refractivity contribution in [3.05, 3.63) is 0 Å². The number of carbonyl (C=O) groups excluding carboxylic acids is 2. The highest BCUT2D eigenvalue weighted by Gasteiger charge is 2.23. The zero-order valence-corrected chi connectivity index (χ0v) is 28.1. The number of unbranched alkanes of at least 4 members (excludes halogenated alkanes) is 17. The highest BCUT2D eigenvalue weighted by molar-refractivity contribution is 5.97. The summed E-state index contributed by atoms with van der Waals surface area (Å²) in [7, 11) is 0. The molecule has 0 aromatic heterocycles. The van der Waals surface area contributed by atoms with Crippen LogP contribution >= 0.6 is 0 Å². The molecule has 0 aliphatic heterocycles. The number of imide groups is 1. The molecule has 0 aliphatic rings. The zero-order valence-electron chi connectivity index (χ0n) is 28.1. The Hall–Kier alpha value is -0.940. The van der Waals surface area contributed by atoms with Crippen molar-refractivity contribution >= 4 is 11.8 Å². The van der Waals surface area contributed by atoms with Crippen molar-refractivity contribution in [2.24, 2.45) is 5.92 Å². The predicted octanol–water partition coefficient (Wildman–Crippen LogP) is 8.94. The number of carbonyl (C=O) groups is 2. The van der Waals surface area contributed by atoms with E-state index in [2.05, 4.69) is 52.2 Å². The van der Waals surface area contributed by atoms with Crippen molar-refractivity contribution in [1.82, 2.24) is 10.6 Å². The van der Waals surface area contributed by atoms with Crippen molar-refractivity contribution in [1.29, 1.82) is 0 Å². The van der Waals surface area contributed by atoms with Crippen molar-refractivity contribution in [2.45, 2.75) is 176 Å². The maximum atomic E-state index is 12.7. The normalized spacial score (nSPS) is 12.7. The molecule has 0 aliphatic carbocycles. The van der Waals surface area contributed by atoms with Crippen LogP contribution in [-0.4, -0.2) is 55.1 Å². The first-order valence-corrected chi connectivity index (χ1v) is 17.8. The Morgan fingerprint density at radius 1 is 0.575 bits per heavy atom. The van der Waals surface area contributed by atoms with Gasteiger partial charge in [0.15, 0.2) is 0 Å². The highest BCUT2D eigenvalue weighted by atomic mass is 16.2. The van der Waals surface area contributed by atoms with E-state index in [-0.39, 0.29) is 23.8 Å². The van der Waals surface area contributed by atoms with Crippen LogP contribution in [0.4, 0.5) is 0 Å². The molecule has 238 valence electrons. The molecule has 0 radical (unpaired) electrons. The molecule has 2 amide bonds. The Labute approximate surface area is 251 Å². The van der Waals surface area contributed by atoms with Crippen LogP contribution < -0.4 is 10.6 Å². The van der Waals surface area contributed by atoms with E-state index in [9.17, 15) is 9.59 Å². The molecule has 5 nitrogen and oxygen atoms in total. The molecular weight excluding hydrogens is 494 g/mol. The van der Waals surface area contributed by atoms with Crippen molar-refractivity contribution in [2.75, 3.05) is 32.7 Å². The van der Waals surface area contributed by atoms with Gasteiger partial charge in [0.25, 0.3) is 0 Å². The lowest BCUT2D eigenvalue weighted by molar-refractivity contribution is -0.923. The van der Waals surface area contributed by atoms with Gasteiger partial charge in [0.05, 0.1) is 32.2 Å². The third-order valence-corrected chi connectivity index (χ3v) is 9.16. The van der Waals surface area contributed by atoms with E-state index in [4.69, 9.17) is 0 Å². The molecule has 0 heterocycles. The minimum absolute atomic E-state index is 0.123. The quantitative estimate of drug-likeness (QED) is 0.0702. The zero-order chi connectivity index (χ0) is 29.9. The van der Waals surface area contributed by atoms with Gasteiger partial charge in [0.1, 0.15) is 0 Å². The molecule has 0 rings (SSSR count). The molecule has 0 aromatic rings. The lowest BCUT2D eigenvalue weighted by Gasteiger charge is -2.35. The average Bonchev–Trinajstić information content (AvgIpc) is 2.94. The second-order valence-electron chi connectivity index (χ2n) is 12.7. The standard InChI is InChI=1S/C35H71N3O2/c1-7-11-12-13-14-15-16-17-18-19-20-21-22-23-24-27-30-36-34(32(5)6)35(40)37-33(39)29-26-25-28-31-38(8-2,9-3)10-4/h32,34,36H,7-31H2,1-6H3/p+1/t34-/m0/s1. The summed E-state index contributed by atoms with van der Waals surface area (Å²) in [6.07, 6.45) is 25.3. The molecule has 2 N–H and O–H groups in total. The van der Waals surface area contributed by atoms with E-state index in [1.807, 2.05) is 0 Å². The minimum atomic E-state index is -0.295. The fraction of sp³-hybridized carbons (Fsp3) is 0.943. The second kappa shape index (κ2) is 26.9. The van der Waals surface area contributed by atoms with Crippen LogP contribution in [0.1, 0.15) is 170 Å². The monoisotopic (exact) mass is 567 g/mol. The van der Waals surface area contributed by atoms with Crippen LogP contribution in [0.5, 0.6) is 0 Å². The lowest BCUT2D eigenvalue weighted by Crippen LogP contribution is -2.49. The molecule has 0 fully saturated rings. The van der Waals surface area contributed by atoms with Crippen molar-refractivity contribution in [3.8, 4) is 0 Å². The van der Waals surface area contributed by atoms with Crippen molar-refractivity contribution < 1.29 is 14.1 Å². The van der Waals surface area contributed by atoms with Gasteiger partial charge in [-0.05, 0) is 58.9 Å². The summed E-state index contributed by atoms with van der Waals surface area (Å²) in [4.78, 5) is 25.1. The Kier molecular flexibility index (Phi) is 26.3.